The number of carbonyl (C=O) groups excluding carboxylic acids is 1. The predicted octanol–water partition coefficient (Wildman–Crippen LogP) is 0.849. The van der Waals surface area contributed by atoms with Crippen molar-refractivity contribution in [1.29, 1.82) is 0 Å². The lowest BCUT2D eigenvalue weighted by Gasteiger charge is -2.32. The summed E-state index contributed by atoms with van der Waals surface area (Å²) in [7, 11) is 1.38. The zero-order valence-electron chi connectivity index (χ0n) is 10.0. The highest BCUT2D eigenvalue weighted by molar-refractivity contribution is 14.1. The first kappa shape index (κ1) is 13.5. The number of morpholine rings is 1. The van der Waals surface area contributed by atoms with Crippen molar-refractivity contribution in [3.63, 3.8) is 0 Å². The lowest BCUT2D eigenvalue weighted by molar-refractivity contribution is -0.144. The molecule has 1 aromatic rings. The summed E-state index contributed by atoms with van der Waals surface area (Å²) in [6.07, 6.45) is 3.65. The van der Waals surface area contributed by atoms with Crippen LogP contribution in [0.15, 0.2) is 12.4 Å². The third-order valence-electron chi connectivity index (χ3n) is 2.65. The van der Waals surface area contributed by atoms with Crippen LogP contribution in [0.25, 0.3) is 0 Å². The molecular weight excluding hydrogens is 349 g/mol. The van der Waals surface area contributed by atoms with Crippen LogP contribution in [0.1, 0.15) is 6.42 Å². The van der Waals surface area contributed by atoms with Gasteiger partial charge in [-0.2, -0.15) is 0 Å². The van der Waals surface area contributed by atoms with Gasteiger partial charge in [0.15, 0.2) is 0 Å². The highest BCUT2D eigenvalue weighted by Crippen LogP contribution is 2.15. The minimum Gasteiger partial charge on any atom is -0.469 e. The Kier molecular flexibility index (Phi) is 4.70. The third-order valence-corrected chi connectivity index (χ3v) is 3.21. The van der Waals surface area contributed by atoms with Crippen molar-refractivity contribution in [2.45, 2.75) is 12.5 Å². The predicted molar refractivity (Wildman–Crippen MR) is 73.3 cm³/mol. The number of anilines is 1. The van der Waals surface area contributed by atoms with Crippen molar-refractivity contribution >= 4 is 34.5 Å². The van der Waals surface area contributed by atoms with Crippen molar-refractivity contribution in [2.24, 2.45) is 0 Å². The number of rotatable bonds is 3. The van der Waals surface area contributed by atoms with Crippen LogP contribution in [-0.2, 0) is 14.3 Å². The van der Waals surface area contributed by atoms with E-state index in [0.717, 1.165) is 10.1 Å². The van der Waals surface area contributed by atoms with Crippen LogP contribution in [-0.4, -0.2) is 48.8 Å². The Bertz CT molecular complexity index is 412. The molecule has 0 amide bonds. The number of aromatic nitrogens is 2. The molecule has 0 N–H and O–H groups in total. The number of methoxy groups -OCH3 is 1. The highest BCUT2D eigenvalue weighted by atomic mass is 127. The maximum Gasteiger partial charge on any atom is 0.308 e. The van der Waals surface area contributed by atoms with Gasteiger partial charge in [0.05, 0.1) is 26.2 Å². The topological polar surface area (TPSA) is 64.5 Å². The number of ether oxygens (including phenoxy) is 2. The molecule has 7 heteroatoms. The van der Waals surface area contributed by atoms with E-state index in [1.807, 2.05) is 4.90 Å². The first-order valence-corrected chi connectivity index (χ1v) is 6.68. The fraction of sp³-hybridized carbons (Fsp3) is 0.545. The minimum atomic E-state index is -0.259. The zero-order valence-corrected chi connectivity index (χ0v) is 12.2. The summed E-state index contributed by atoms with van der Waals surface area (Å²) in [6, 6.07) is 0. The van der Waals surface area contributed by atoms with Crippen LogP contribution >= 0.6 is 22.6 Å². The van der Waals surface area contributed by atoms with Gasteiger partial charge in [-0.3, -0.25) is 4.79 Å². The van der Waals surface area contributed by atoms with Gasteiger partial charge in [-0.15, -0.1) is 0 Å². The minimum absolute atomic E-state index is 0.158. The maximum absolute atomic E-state index is 11.2. The summed E-state index contributed by atoms with van der Waals surface area (Å²) in [5, 5.41) is 0. The molecule has 1 aliphatic rings. The van der Waals surface area contributed by atoms with E-state index in [9.17, 15) is 4.79 Å². The number of esters is 1. The van der Waals surface area contributed by atoms with E-state index in [0.29, 0.717) is 19.1 Å². The Labute approximate surface area is 119 Å². The molecule has 2 heterocycles. The molecule has 1 aliphatic heterocycles. The van der Waals surface area contributed by atoms with Crippen LogP contribution in [0, 0.1) is 3.57 Å². The van der Waals surface area contributed by atoms with E-state index in [-0.39, 0.29) is 18.5 Å². The molecule has 0 aliphatic carbocycles. The van der Waals surface area contributed by atoms with Crippen molar-refractivity contribution in [1.82, 2.24) is 9.97 Å². The largest absolute Gasteiger partial charge is 0.469 e. The summed E-state index contributed by atoms with van der Waals surface area (Å²) in [5.41, 5.74) is 0. The molecule has 2 rings (SSSR count). The Hall–Kier alpha value is -0.960. The average Bonchev–Trinajstić information content (AvgIpc) is 2.40. The summed E-state index contributed by atoms with van der Waals surface area (Å²) in [5.74, 6) is 0.416. The van der Waals surface area contributed by atoms with E-state index in [1.165, 1.54) is 7.11 Å². The second-order valence-electron chi connectivity index (χ2n) is 3.92. The van der Waals surface area contributed by atoms with Crippen LogP contribution in [0.5, 0.6) is 0 Å². The maximum atomic E-state index is 11.2. The smallest absolute Gasteiger partial charge is 0.308 e. The van der Waals surface area contributed by atoms with Gasteiger partial charge in [-0.05, 0) is 22.6 Å². The molecule has 0 saturated carbocycles. The van der Waals surface area contributed by atoms with E-state index < -0.39 is 0 Å². The number of nitrogens with zero attached hydrogens (tertiary/aromatic N) is 3. The molecule has 6 nitrogen and oxygen atoms in total. The summed E-state index contributed by atoms with van der Waals surface area (Å²) >= 11 is 2.16. The fourth-order valence-electron chi connectivity index (χ4n) is 1.76. The number of hydrogen-bond acceptors (Lipinski definition) is 6. The van der Waals surface area contributed by atoms with Crippen LogP contribution in [0.3, 0.4) is 0 Å². The van der Waals surface area contributed by atoms with E-state index in [2.05, 4.69) is 37.3 Å². The van der Waals surface area contributed by atoms with Crippen LogP contribution < -0.4 is 4.90 Å². The molecular formula is C11H14IN3O3. The van der Waals surface area contributed by atoms with Crippen molar-refractivity contribution in [3.8, 4) is 0 Å². The Morgan fingerprint density at radius 3 is 3.00 bits per heavy atom. The van der Waals surface area contributed by atoms with Crippen LogP contribution in [0.2, 0.25) is 0 Å². The third kappa shape index (κ3) is 3.52. The van der Waals surface area contributed by atoms with Gasteiger partial charge in [-0.25, -0.2) is 9.97 Å². The molecule has 1 unspecified atom stereocenters. The quantitative estimate of drug-likeness (QED) is 0.586. The molecule has 1 saturated heterocycles. The Balaban J connectivity index is 1.98. The number of hydrogen-bond donors (Lipinski definition) is 0. The summed E-state index contributed by atoms with van der Waals surface area (Å²) in [4.78, 5) is 21.8. The first-order chi connectivity index (χ1) is 8.69. The van der Waals surface area contributed by atoms with Gasteiger partial charge in [0.25, 0.3) is 0 Å². The van der Waals surface area contributed by atoms with Gasteiger partial charge in [0.1, 0.15) is 0 Å². The number of halogens is 1. The molecule has 0 radical (unpaired) electrons. The van der Waals surface area contributed by atoms with E-state index in [1.54, 1.807) is 12.4 Å². The van der Waals surface area contributed by atoms with Gasteiger partial charge >= 0.3 is 5.97 Å². The second-order valence-corrected chi connectivity index (χ2v) is 5.17. The van der Waals surface area contributed by atoms with E-state index >= 15 is 0 Å². The summed E-state index contributed by atoms with van der Waals surface area (Å²) in [6.45, 7) is 1.91. The molecule has 1 aromatic heterocycles. The first-order valence-electron chi connectivity index (χ1n) is 5.60. The monoisotopic (exact) mass is 363 g/mol. The molecule has 1 fully saturated rings. The highest BCUT2D eigenvalue weighted by Gasteiger charge is 2.24. The second kappa shape index (κ2) is 6.28. The molecule has 18 heavy (non-hydrogen) atoms. The lowest BCUT2D eigenvalue weighted by Crippen LogP contribution is -2.44. The van der Waals surface area contributed by atoms with Gasteiger partial charge in [0.2, 0.25) is 5.95 Å². The zero-order chi connectivity index (χ0) is 13.0. The van der Waals surface area contributed by atoms with E-state index in [4.69, 9.17) is 4.74 Å². The van der Waals surface area contributed by atoms with Crippen molar-refractivity contribution < 1.29 is 14.3 Å². The molecule has 1 atom stereocenters. The van der Waals surface area contributed by atoms with Crippen LogP contribution in [0.4, 0.5) is 5.95 Å². The van der Waals surface area contributed by atoms with Crippen molar-refractivity contribution in [2.75, 3.05) is 31.7 Å². The SMILES string of the molecule is COC(=O)CC1CN(c2ncc(I)cn2)CCO1. The van der Waals surface area contributed by atoms with Gasteiger partial charge in [0, 0.05) is 29.1 Å². The molecule has 0 bridgehead atoms. The standard InChI is InChI=1S/C11H14IN3O3/c1-17-10(16)4-9-7-15(2-3-18-9)11-13-5-8(12)6-14-11/h5-6,9H,2-4,7H2,1H3. The Morgan fingerprint density at radius 1 is 1.61 bits per heavy atom. The van der Waals surface area contributed by atoms with Gasteiger partial charge < -0.3 is 14.4 Å². The molecule has 98 valence electrons. The van der Waals surface area contributed by atoms with Crippen molar-refractivity contribution in [3.05, 3.63) is 16.0 Å². The number of carbonyl (C=O) groups is 1. The Morgan fingerprint density at radius 2 is 2.33 bits per heavy atom. The lowest BCUT2D eigenvalue weighted by atomic mass is 10.2. The normalized spacial score (nSPS) is 19.7. The summed E-state index contributed by atoms with van der Waals surface area (Å²) < 4.78 is 11.2. The van der Waals surface area contributed by atoms with Gasteiger partial charge in [-0.1, -0.05) is 0 Å². The average molecular weight is 363 g/mol. The molecule has 0 spiro atoms. The fourth-order valence-corrected chi connectivity index (χ4v) is 2.04. The molecule has 0 aromatic carbocycles.